The zero-order valence-corrected chi connectivity index (χ0v) is 20.5. The van der Waals surface area contributed by atoms with E-state index in [1.807, 2.05) is 24.3 Å². The number of guanidine groups is 1. The first-order valence-electron chi connectivity index (χ1n) is 10.1. The summed E-state index contributed by atoms with van der Waals surface area (Å²) in [5.74, 6) is 1.45. The molecule has 1 heterocycles. The van der Waals surface area contributed by atoms with Crippen molar-refractivity contribution in [1.29, 1.82) is 0 Å². The van der Waals surface area contributed by atoms with Crippen LogP contribution >= 0.6 is 24.0 Å². The first-order valence-corrected chi connectivity index (χ1v) is 10.1. The van der Waals surface area contributed by atoms with E-state index in [0.29, 0.717) is 25.7 Å². The Hall–Kier alpha value is -1.59. The zero-order valence-electron chi connectivity index (χ0n) is 18.2. The quantitative estimate of drug-likeness (QED) is 0.195. The molecular weight excluding hydrogens is 499 g/mol. The van der Waals surface area contributed by atoms with E-state index in [4.69, 9.17) is 14.2 Å². The summed E-state index contributed by atoms with van der Waals surface area (Å²) in [5.41, 5.74) is 1.20. The number of carbonyl (C=O) groups excluding carboxylic acids is 1. The fourth-order valence-corrected chi connectivity index (χ4v) is 2.75. The first kappa shape index (κ1) is 26.4. The molecule has 1 aliphatic rings. The van der Waals surface area contributed by atoms with E-state index in [-0.39, 0.29) is 42.5 Å². The highest BCUT2D eigenvalue weighted by molar-refractivity contribution is 14.0. The van der Waals surface area contributed by atoms with Crippen molar-refractivity contribution in [2.24, 2.45) is 4.99 Å². The summed E-state index contributed by atoms with van der Waals surface area (Å²) in [4.78, 5) is 17.8. The Morgan fingerprint density at radius 3 is 2.60 bits per heavy atom. The van der Waals surface area contributed by atoms with Gasteiger partial charge < -0.3 is 29.7 Å². The van der Waals surface area contributed by atoms with Crippen LogP contribution < -0.4 is 15.4 Å². The molecule has 30 heavy (non-hydrogen) atoms. The van der Waals surface area contributed by atoms with Crippen LogP contribution in [0.4, 0.5) is 0 Å². The minimum atomic E-state index is -0.0363. The third-order valence-electron chi connectivity index (χ3n) is 4.59. The lowest BCUT2D eigenvalue weighted by atomic mass is 10.1. The standard InChI is InChI=1S/C21H34N4O4.HI/c1-25(2)20(26)15-24-21(22-11-4-13-29-19-10-14-28-16-19)23-12-9-17-5-7-18(27-3)8-6-17;/h5-8,19H,4,9-16H2,1-3H3,(H2,22,23,24);1H. The maximum absolute atomic E-state index is 11.8. The van der Waals surface area contributed by atoms with Crippen LogP contribution in [-0.4, -0.2) is 83.5 Å². The van der Waals surface area contributed by atoms with Gasteiger partial charge in [-0.15, -0.1) is 24.0 Å². The first-order chi connectivity index (χ1) is 14.1. The maximum atomic E-state index is 11.8. The maximum Gasteiger partial charge on any atom is 0.243 e. The molecule has 1 aliphatic heterocycles. The highest BCUT2D eigenvalue weighted by Gasteiger charge is 2.15. The molecule has 170 valence electrons. The Balaban J connectivity index is 0.00000450. The Morgan fingerprint density at radius 2 is 1.97 bits per heavy atom. The van der Waals surface area contributed by atoms with Crippen molar-refractivity contribution in [2.75, 3.05) is 60.7 Å². The highest BCUT2D eigenvalue weighted by atomic mass is 127. The predicted molar refractivity (Wildman–Crippen MR) is 129 cm³/mol. The number of nitrogens with one attached hydrogen (secondary N) is 2. The minimum Gasteiger partial charge on any atom is -0.497 e. The number of hydrogen-bond donors (Lipinski definition) is 2. The fraction of sp³-hybridized carbons (Fsp3) is 0.619. The van der Waals surface area contributed by atoms with Gasteiger partial charge in [0.05, 0.1) is 19.8 Å². The summed E-state index contributed by atoms with van der Waals surface area (Å²) >= 11 is 0. The number of carbonyl (C=O) groups is 1. The molecule has 9 heteroatoms. The summed E-state index contributed by atoms with van der Waals surface area (Å²) in [6.07, 6.45) is 2.90. The van der Waals surface area contributed by atoms with Gasteiger partial charge in [-0.2, -0.15) is 0 Å². The van der Waals surface area contributed by atoms with E-state index < -0.39 is 0 Å². The van der Waals surface area contributed by atoms with E-state index in [9.17, 15) is 4.79 Å². The summed E-state index contributed by atoms with van der Waals surface area (Å²) in [6.45, 7) is 3.71. The van der Waals surface area contributed by atoms with Gasteiger partial charge in [-0.05, 0) is 37.0 Å². The normalized spacial score (nSPS) is 16.0. The monoisotopic (exact) mass is 534 g/mol. The molecule has 8 nitrogen and oxygen atoms in total. The van der Waals surface area contributed by atoms with E-state index in [0.717, 1.165) is 38.2 Å². The Labute approximate surface area is 196 Å². The van der Waals surface area contributed by atoms with Crippen LogP contribution in [0.25, 0.3) is 0 Å². The molecule has 1 atom stereocenters. The number of methoxy groups -OCH3 is 1. The molecule has 1 aromatic rings. The number of amides is 1. The molecule has 1 aromatic carbocycles. The van der Waals surface area contributed by atoms with Crippen LogP contribution in [0.2, 0.25) is 0 Å². The van der Waals surface area contributed by atoms with Crippen LogP contribution in [-0.2, 0) is 20.7 Å². The van der Waals surface area contributed by atoms with Crippen molar-refractivity contribution in [1.82, 2.24) is 15.5 Å². The number of hydrogen-bond acceptors (Lipinski definition) is 5. The molecule has 1 unspecified atom stereocenters. The van der Waals surface area contributed by atoms with Gasteiger partial charge in [-0.1, -0.05) is 12.1 Å². The fourth-order valence-electron chi connectivity index (χ4n) is 2.75. The van der Waals surface area contributed by atoms with Gasteiger partial charge in [-0.25, -0.2) is 4.99 Å². The van der Waals surface area contributed by atoms with Gasteiger partial charge in [0.2, 0.25) is 5.91 Å². The zero-order chi connectivity index (χ0) is 20.9. The average molecular weight is 534 g/mol. The third kappa shape index (κ3) is 10.4. The van der Waals surface area contributed by atoms with Crippen molar-refractivity contribution in [3.63, 3.8) is 0 Å². The molecule has 2 rings (SSSR count). The second kappa shape index (κ2) is 15.2. The number of likely N-dealkylation sites (N-methyl/N-ethyl adjacent to an activating group) is 1. The lowest BCUT2D eigenvalue weighted by Crippen LogP contribution is -2.40. The Bertz CT molecular complexity index is 634. The van der Waals surface area contributed by atoms with E-state index in [1.54, 1.807) is 21.2 Å². The van der Waals surface area contributed by atoms with Gasteiger partial charge in [0.15, 0.2) is 5.96 Å². The second-order valence-corrected chi connectivity index (χ2v) is 7.11. The van der Waals surface area contributed by atoms with E-state index in [2.05, 4.69) is 15.6 Å². The van der Waals surface area contributed by atoms with Crippen molar-refractivity contribution in [3.05, 3.63) is 29.8 Å². The van der Waals surface area contributed by atoms with Crippen LogP contribution in [0.5, 0.6) is 5.75 Å². The largest absolute Gasteiger partial charge is 0.497 e. The lowest BCUT2D eigenvalue weighted by Gasteiger charge is -2.15. The number of aliphatic imine (C=N–C) groups is 1. The average Bonchev–Trinajstić information content (AvgIpc) is 3.25. The number of benzene rings is 1. The minimum absolute atomic E-state index is 0. The molecule has 0 aromatic heterocycles. The van der Waals surface area contributed by atoms with Crippen molar-refractivity contribution < 1.29 is 19.0 Å². The number of nitrogens with zero attached hydrogens (tertiary/aromatic N) is 2. The second-order valence-electron chi connectivity index (χ2n) is 7.11. The van der Waals surface area contributed by atoms with Crippen molar-refractivity contribution in [3.8, 4) is 5.75 Å². The molecule has 1 amide bonds. The summed E-state index contributed by atoms with van der Waals surface area (Å²) in [7, 11) is 5.12. The van der Waals surface area contributed by atoms with Gasteiger partial charge in [0.1, 0.15) is 12.3 Å². The molecule has 0 saturated carbocycles. The third-order valence-corrected chi connectivity index (χ3v) is 4.59. The van der Waals surface area contributed by atoms with Gasteiger partial charge in [-0.3, -0.25) is 4.79 Å². The summed E-state index contributed by atoms with van der Waals surface area (Å²) in [6, 6.07) is 8.00. The van der Waals surface area contributed by atoms with E-state index in [1.165, 1.54) is 10.5 Å². The van der Waals surface area contributed by atoms with E-state index >= 15 is 0 Å². The molecule has 0 bridgehead atoms. The smallest absolute Gasteiger partial charge is 0.243 e. The van der Waals surface area contributed by atoms with Gasteiger partial charge in [0.25, 0.3) is 0 Å². The van der Waals surface area contributed by atoms with Crippen LogP contribution in [0.3, 0.4) is 0 Å². The molecule has 0 aliphatic carbocycles. The van der Waals surface area contributed by atoms with Gasteiger partial charge >= 0.3 is 0 Å². The Morgan fingerprint density at radius 1 is 1.23 bits per heavy atom. The topological polar surface area (TPSA) is 84.4 Å². The highest BCUT2D eigenvalue weighted by Crippen LogP contribution is 2.11. The molecule has 1 fully saturated rings. The number of ether oxygens (including phenoxy) is 3. The summed E-state index contributed by atoms with van der Waals surface area (Å²) < 4.78 is 16.3. The Kier molecular flexibility index (Phi) is 13.4. The van der Waals surface area contributed by atoms with Crippen LogP contribution in [0.1, 0.15) is 18.4 Å². The number of rotatable bonds is 11. The van der Waals surface area contributed by atoms with Crippen LogP contribution in [0, 0.1) is 0 Å². The SMILES string of the molecule is COc1ccc(CCNC(=NCC(=O)N(C)C)NCCCOC2CCOC2)cc1.I. The molecule has 0 spiro atoms. The predicted octanol–water partition coefficient (Wildman–Crippen LogP) is 1.67. The van der Waals surface area contributed by atoms with Crippen LogP contribution in [0.15, 0.2) is 29.3 Å². The summed E-state index contributed by atoms with van der Waals surface area (Å²) in [5, 5.41) is 6.58. The molecule has 2 N–H and O–H groups in total. The number of halogens is 1. The lowest BCUT2D eigenvalue weighted by molar-refractivity contribution is -0.127. The van der Waals surface area contributed by atoms with Crippen molar-refractivity contribution >= 4 is 35.8 Å². The van der Waals surface area contributed by atoms with Crippen molar-refractivity contribution in [2.45, 2.75) is 25.4 Å². The van der Waals surface area contributed by atoms with Gasteiger partial charge in [0, 0.05) is 40.4 Å². The molecular formula is C21H35IN4O4. The molecule has 0 radical (unpaired) electrons. The molecule has 1 saturated heterocycles.